The molecule has 2 fully saturated rings. The fourth-order valence-corrected chi connectivity index (χ4v) is 5.07. The fraction of sp³-hybridized carbons (Fsp3) is 0.688. The van der Waals surface area contributed by atoms with Crippen LogP contribution in [0.3, 0.4) is 0 Å². The van der Waals surface area contributed by atoms with Crippen molar-refractivity contribution in [1.82, 2.24) is 10.3 Å². The quantitative estimate of drug-likeness (QED) is 0.756. The average Bonchev–Trinajstić information content (AvgIpc) is 2.38. The number of nitrogens with one attached hydrogen (secondary N) is 1. The van der Waals surface area contributed by atoms with E-state index < -0.39 is 0 Å². The van der Waals surface area contributed by atoms with Gasteiger partial charge >= 0.3 is 0 Å². The minimum atomic E-state index is 0.266. The monoisotopic (exact) mass is 242 g/mol. The Balaban J connectivity index is 1.90. The van der Waals surface area contributed by atoms with Crippen LogP contribution in [0.25, 0.3) is 0 Å². The molecule has 4 atom stereocenters. The lowest BCUT2D eigenvalue weighted by Gasteiger charge is -2.57. The summed E-state index contributed by atoms with van der Waals surface area (Å²) in [5.41, 5.74) is 3.17. The van der Waals surface area contributed by atoms with Crippen molar-refractivity contribution in [2.75, 3.05) is 6.54 Å². The number of hydrogen-bond acceptors (Lipinski definition) is 2. The number of piperidine rings is 1. The molecule has 2 aliphatic carbocycles. The first-order valence-corrected chi connectivity index (χ1v) is 7.49. The van der Waals surface area contributed by atoms with Gasteiger partial charge in [-0.3, -0.25) is 4.98 Å². The number of nitrogens with zero attached hydrogens (tertiary/aromatic N) is 1. The van der Waals surface area contributed by atoms with E-state index >= 15 is 0 Å². The first-order chi connectivity index (χ1) is 8.79. The molecule has 0 aromatic carbocycles. The first kappa shape index (κ1) is 11.0. The summed E-state index contributed by atoms with van der Waals surface area (Å²) >= 11 is 0. The maximum absolute atomic E-state index is 4.67. The Morgan fingerprint density at radius 3 is 3.33 bits per heavy atom. The van der Waals surface area contributed by atoms with Crippen LogP contribution in [0.5, 0.6) is 0 Å². The highest BCUT2D eigenvalue weighted by molar-refractivity contribution is 5.35. The van der Waals surface area contributed by atoms with Crippen LogP contribution in [0.15, 0.2) is 18.3 Å². The number of fused-ring (bicyclic) bond motifs is 1. The lowest BCUT2D eigenvalue weighted by molar-refractivity contribution is 0.00805. The Hall–Kier alpha value is -0.890. The molecular formula is C16H22N2. The van der Waals surface area contributed by atoms with Crippen molar-refractivity contribution < 1.29 is 0 Å². The molecule has 0 unspecified atom stereocenters. The van der Waals surface area contributed by atoms with Crippen LogP contribution in [0.4, 0.5) is 0 Å². The van der Waals surface area contributed by atoms with E-state index in [4.69, 9.17) is 0 Å². The second kappa shape index (κ2) is 3.80. The largest absolute Gasteiger partial charge is 0.307 e. The number of rotatable bonds is 0. The van der Waals surface area contributed by atoms with Crippen molar-refractivity contribution >= 4 is 0 Å². The summed E-state index contributed by atoms with van der Waals surface area (Å²) in [6.07, 6.45) is 8.68. The van der Waals surface area contributed by atoms with Crippen molar-refractivity contribution in [3.63, 3.8) is 0 Å². The Labute approximate surface area is 109 Å². The maximum Gasteiger partial charge on any atom is 0.0486 e. The summed E-state index contributed by atoms with van der Waals surface area (Å²) in [5.74, 6) is 2.58. The Morgan fingerprint density at radius 1 is 1.44 bits per heavy atom. The van der Waals surface area contributed by atoms with Crippen molar-refractivity contribution in [3.05, 3.63) is 29.6 Å². The highest BCUT2D eigenvalue weighted by Crippen LogP contribution is 2.54. The number of hydrogen-bond donors (Lipinski definition) is 1. The summed E-state index contributed by atoms with van der Waals surface area (Å²) in [5, 5.41) is 3.91. The van der Waals surface area contributed by atoms with Crippen LogP contribution in [0.2, 0.25) is 0 Å². The maximum atomic E-state index is 4.67. The smallest absolute Gasteiger partial charge is 0.0486 e. The first-order valence-electron chi connectivity index (χ1n) is 7.49. The number of pyridine rings is 1. The SMILES string of the molecule is C[C@H]1C[C@H]2Cc3ncccc3[C@]3(C1)NCCC[C@@H]23. The molecule has 1 saturated carbocycles. The summed E-state index contributed by atoms with van der Waals surface area (Å²) in [7, 11) is 0. The molecule has 3 aliphatic rings. The van der Waals surface area contributed by atoms with Gasteiger partial charge in [-0.15, -0.1) is 0 Å². The summed E-state index contributed by atoms with van der Waals surface area (Å²) in [4.78, 5) is 4.67. The van der Waals surface area contributed by atoms with Crippen molar-refractivity contribution in [3.8, 4) is 0 Å². The molecule has 18 heavy (non-hydrogen) atoms. The van der Waals surface area contributed by atoms with Gasteiger partial charge in [0.1, 0.15) is 0 Å². The van der Waals surface area contributed by atoms with E-state index in [1.807, 2.05) is 6.20 Å². The third-order valence-corrected chi connectivity index (χ3v) is 5.54. The Kier molecular flexibility index (Phi) is 2.32. The van der Waals surface area contributed by atoms with Gasteiger partial charge in [-0.05, 0) is 68.0 Å². The molecular weight excluding hydrogens is 220 g/mol. The normalized spacial score (nSPS) is 41.9. The predicted molar refractivity (Wildman–Crippen MR) is 72.2 cm³/mol. The van der Waals surface area contributed by atoms with Crippen LogP contribution in [-0.2, 0) is 12.0 Å². The number of aromatic nitrogens is 1. The molecule has 1 N–H and O–H groups in total. The molecule has 2 nitrogen and oxygen atoms in total. The van der Waals surface area contributed by atoms with E-state index in [2.05, 4.69) is 29.4 Å². The van der Waals surface area contributed by atoms with E-state index in [1.165, 1.54) is 49.9 Å². The van der Waals surface area contributed by atoms with E-state index in [0.717, 1.165) is 17.8 Å². The van der Waals surface area contributed by atoms with Crippen LogP contribution in [0.1, 0.15) is 43.9 Å². The van der Waals surface area contributed by atoms with Gasteiger partial charge in [0.05, 0.1) is 0 Å². The van der Waals surface area contributed by atoms with Crippen molar-refractivity contribution in [2.45, 2.75) is 44.6 Å². The molecule has 2 bridgehead atoms. The molecule has 96 valence electrons. The minimum Gasteiger partial charge on any atom is -0.307 e. The summed E-state index contributed by atoms with van der Waals surface area (Å²) < 4.78 is 0. The van der Waals surface area contributed by atoms with Gasteiger partial charge < -0.3 is 5.32 Å². The fourth-order valence-electron chi connectivity index (χ4n) is 5.07. The van der Waals surface area contributed by atoms with Gasteiger partial charge in [-0.2, -0.15) is 0 Å². The standard InChI is InChI=1S/C16H22N2/c1-11-8-12-9-15-14(5-2-6-17-15)16(10-11)13(12)4-3-7-18-16/h2,5-6,11-13,18H,3-4,7-10H2,1H3/t11-,12-,13-,16+/m0/s1. The molecule has 1 aromatic heterocycles. The van der Waals surface area contributed by atoms with E-state index in [0.29, 0.717) is 0 Å². The van der Waals surface area contributed by atoms with Gasteiger partial charge in [0.25, 0.3) is 0 Å². The molecule has 1 aromatic rings. The van der Waals surface area contributed by atoms with E-state index in [-0.39, 0.29) is 5.54 Å². The lowest BCUT2D eigenvalue weighted by Crippen LogP contribution is -2.60. The second-order valence-electron chi connectivity index (χ2n) is 6.65. The minimum absolute atomic E-state index is 0.266. The second-order valence-corrected chi connectivity index (χ2v) is 6.65. The molecule has 0 spiro atoms. The van der Waals surface area contributed by atoms with E-state index in [1.54, 1.807) is 0 Å². The van der Waals surface area contributed by atoms with Crippen LogP contribution in [0, 0.1) is 17.8 Å². The summed E-state index contributed by atoms with van der Waals surface area (Å²) in [6, 6.07) is 4.46. The lowest BCUT2D eigenvalue weighted by atomic mass is 9.54. The van der Waals surface area contributed by atoms with Gasteiger partial charge in [-0.25, -0.2) is 0 Å². The highest BCUT2D eigenvalue weighted by Gasteiger charge is 2.53. The van der Waals surface area contributed by atoms with Crippen LogP contribution >= 0.6 is 0 Å². The zero-order chi connectivity index (χ0) is 12.2. The molecule has 0 radical (unpaired) electrons. The average molecular weight is 242 g/mol. The Bertz CT molecular complexity index is 470. The van der Waals surface area contributed by atoms with Crippen LogP contribution < -0.4 is 5.32 Å². The molecule has 2 heterocycles. The third-order valence-electron chi connectivity index (χ3n) is 5.54. The predicted octanol–water partition coefficient (Wildman–Crippen LogP) is 2.88. The van der Waals surface area contributed by atoms with Gasteiger partial charge in [0, 0.05) is 17.4 Å². The summed E-state index contributed by atoms with van der Waals surface area (Å²) in [6.45, 7) is 3.62. The van der Waals surface area contributed by atoms with Gasteiger partial charge in [-0.1, -0.05) is 13.0 Å². The molecule has 4 rings (SSSR count). The van der Waals surface area contributed by atoms with Crippen molar-refractivity contribution in [2.24, 2.45) is 17.8 Å². The van der Waals surface area contributed by atoms with E-state index in [9.17, 15) is 0 Å². The van der Waals surface area contributed by atoms with Gasteiger partial charge in [0.2, 0.25) is 0 Å². The van der Waals surface area contributed by atoms with Crippen LogP contribution in [-0.4, -0.2) is 11.5 Å². The zero-order valence-electron chi connectivity index (χ0n) is 11.2. The van der Waals surface area contributed by atoms with Crippen molar-refractivity contribution in [1.29, 1.82) is 0 Å². The zero-order valence-corrected chi connectivity index (χ0v) is 11.2. The molecule has 1 aliphatic heterocycles. The molecule has 2 heteroatoms. The highest BCUT2D eigenvalue weighted by atomic mass is 15.0. The molecule has 0 amide bonds. The topological polar surface area (TPSA) is 24.9 Å². The van der Waals surface area contributed by atoms with Gasteiger partial charge in [0.15, 0.2) is 0 Å². The third kappa shape index (κ3) is 1.36. The Morgan fingerprint density at radius 2 is 2.39 bits per heavy atom. The molecule has 1 saturated heterocycles.